The van der Waals surface area contributed by atoms with Crippen molar-refractivity contribution in [1.82, 2.24) is 9.88 Å². The Hall–Kier alpha value is -5.05. The van der Waals surface area contributed by atoms with Gasteiger partial charge < -0.3 is 29.0 Å². The molecular formula is C42H40Cl2F3N3O8. The molecule has 16 heteroatoms. The number of nitrogens with one attached hydrogen (secondary N) is 1. The number of esters is 3. The number of anilines is 1. The number of carbonyl (C=O) groups is 3. The quantitative estimate of drug-likeness (QED) is 0.0814. The predicted octanol–water partition coefficient (Wildman–Crippen LogP) is 8.39. The van der Waals surface area contributed by atoms with Crippen LogP contribution >= 0.6 is 23.2 Å². The highest BCUT2D eigenvalue weighted by molar-refractivity contribution is 6.35. The molecule has 1 aromatic heterocycles. The molecule has 3 aliphatic heterocycles. The molecule has 4 fully saturated rings. The zero-order valence-electron chi connectivity index (χ0n) is 31.1. The maximum Gasteiger partial charge on any atom is 0.387 e. The maximum absolute atomic E-state index is 13.9. The first kappa shape index (κ1) is 41.1. The monoisotopic (exact) mass is 841 g/mol. The van der Waals surface area contributed by atoms with Gasteiger partial charge in [-0.15, -0.1) is 0 Å². The van der Waals surface area contributed by atoms with Gasteiger partial charge in [0.25, 0.3) is 0 Å². The summed E-state index contributed by atoms with van der Waals surface area (Å²) < 4.78 is 68.0. The standard InChI is InChI=1S/C42H40Cl2F3N3O8/c43-32-19-48-20-33(44)31(32)18-35(27-8-11-34(58-42(46)47)36(17-27)54-22-24-4-5-24)56-38(51)23-55-40(52)28-2-1-3-30(16-28)49-39(26-6-9-29(45)10-7-26)41(53)57-37-21-50-14-12-25(37)13-15-50/h1-3,6-11,16-17,19-20,24-25,35,37,39,42,49H,4-5,12-15,18,21-23H2/t35-,37-,39?/m0/s1. The minimum absolute atomic E-state index is 0.0338. The third-order valence-electron chi connectivity index (χ3n) is 10.4. The Balaban J connectivity index is 1.04. The topological polar surface area (TPSA) is 126 Å². The summed E-state index contributed by atoms with van der Waals surface area (Å²) in [5.41, 5.74) is 1.63. The number of fused-ring (bicyclic) bond motifs is 3. The molecule has 3 aromatic carbocycles. The molecule has 1 aliphatic carbocycles. The lowest BCUT2D eigenvalue weighted by Gasteiger charge is -2.44. The number of hydrogen-bond donors (Lipinski definition) is 1. The second-order valence-electron chi connectivity index (χ2n) is 14.5. The molecule has 3 atom stereocenters. The fourth-order valence-electron chi connectivity index (χ4n) is 7.07. The fraction of sp³-hybridized carbons (Fsp3) is 0.381. The van der Waals surface area contributed by atoms with Gasteiger partial charge >= 0.3 is 24.5 Å². The number of alkyl halides is 2. The van der Waals surface area contributed by atoms with Gasteiger partial charge in [0.1, 0.15) is 18.0 Å². The van der Waals surface area contributed by atoms with Gasteiger partial charge in [-0.3, -0.25) is 9.88 Å². The largest absolute Gasteiger partial charge is 0.489 e. The molecule has 1 saturated carbocycles. The summed E-state index contributed by atoms with van der Waals surface area (Å²) in [5, 5.41) is 3.52. The number of halogens is 5. The van der Waals surface area contributed by atoms with Crippen LogP contribution in [0.1, 0.15) is 64.9 Å². The van der Waals surface area contributed by atoms with E-state index in [1.54, 1.807) is 12.1 Å². The Morgan fingerprint density at radius 1 is 0.897 bits per heavy atom. The number of rotatable bonds is 17. The molecule has 4 aromatic rings. The molecule has 0 amide bonds. The van der Waals surface area contributed by atoms with Crippen molar-refractivity contribution in [1.29, 1.82) is 0 Å². The highest BCUT2D eigenvalue weighted by Crippen LogP contribution is 2.38. The first-order chi connectivity index (χ1) is 28.0. The molecule has 11 nitrogen and oxygen atoms in total. The van der Waals surface area contributed by atoms with Crippen LogP contribution in [0.4, 0.5) is 18.9 Å². The van der Waals surface area contributed by atoms with Gasteiger partial charge in [0.15, 0.2) is 24.1 Å². The minimum Gasteiger partial charge on any atom is -0.489 e. The Bertz CT molecular complexity index is 2080. The van der Waals surface area contributed by atoms with Crippen LogP contribution in [0.5, 0.6) is 11.5 Å². The lowest BCUT2D eigenvalue weighted by molar-refractivity contribution is -0.160. The second kappa shape index (κ2) is 18.7. The first-order valence-electron chi connectivity index (χ1n) is 18.9. The number of nitrogens with zero attached hydrogens (tertiary/aromatic N) is 2. The van der Waals surface area contributed by atoms with Crippen molar-refractivity contribution in [3.8, 4) is 11.5 Å². The van der Waals surface area contributed by atoms with E-state index in [1.165, 1.54) is 67.0 Å². The van der Waals surface area contributed by atoms with E-state index < -0.39 is 49.1 Å². The molecule has 3 saturated heterocycles. The molecule has 4 aliphatic rings. The molecule has 58 heavy (non-hydrogen) atoms. The first-order valence-corrected chi connectivity index (χ1v) is 19.7. The van der Waals surface area contributed by atoms with Crippen LogP contribution in [0.15, 0.2) is 79.1 Å². The fourth-order valence-corrected chi connectivity index (χ4v) is 7.59. The highest BCUT2D eigenvalue weighted by atomic mass is 35.5. The van der Waals surface area contributed by atoms with Gasteiger partial charge in [0, 0.05) is 31.0 Å². The van der Waals surface area contributed by atoms with Crippen LogP contribution in [-0.4, -0.2) is 73.4 Å². The Morgan fingerprint density at radius 3 is 2.29 bits per heavy atom. The van der Waals surface area contributed by atoms with Crippen LogP contribution in [0, 0.1) is 17.7 Å². The van der Waals surface area contributed by atoms with Crippen LogP contribution in [0.3, 0.4) is 0 Å². The number of benzene rings is 3. The second-order valence-corrected chi connectivity index (χ2v) is 15.3. The van der Waals surface area contributed by atoms with Crippen molar-refractivity contribution >= 4 is 46.8 Å². The van der Waals surface area contributed by atoms with Crippen LogP contribution < -0.4 is 14.8 Å². The Kier molecular flexibility index (Phi) is 13.2. The SMILES string of the molecule is O=C(COC(=O)c1cccc(NC(C(=O)O[C@H]2CN3CCC2CC3)c2ccc(F)cc2)c1)O[C@@H](Cc1c(Cl)cncc1Cl)c1ccc(OC(F)F)c(OCC2CC2)c1. The zero-order valence-corrected chi connectivity index (χ0v) is 32.6. The average molecular weight is 843 g/mol. The molecular weight excluding hydrogens is 802 g/mol. The van der Waals surface area contributed by atoms with E-state index in [-0.39, 0.29) is 45.6 Å². The van der Waals surface area contributed by atoms with Gasteiger partial charge in [0.2, 0.25) is 0 Å². The summed E-state index contributed by atoms with van der Waals surface area (Å²) >= 11 is 12.8. The average Bonchev–Trinajstić information content (AvgIpc) is 4.05. The number of carbonyl (C=O) groups excluding carboxylic acids is 3. The number of hydrogen-bond acceptors (Lipinski definition) is 11. The lowest BCUT2D eigenvalue weighted by atomic mass is 9.86. The van der Waals surface area contributed by atoms with E-state index in [0.29, 0.717) is 41.4 Å². The smallest absolute Gasteiger partial charge is 0.387 e. The molecule has 306 valence electrons. The predicted molar refractivity (Wildman–Crippen MR) is 207 cm³/mol. The van der Waals surface area contributed by atoms with E-state index >= 15 is 0 Å². The van der Waals surface area contributed by atoms with Gasteiger partial charge in [-0.25, -0.2) is 18.8 Å². The molecule has 1 N–H and O–H groups in total. The normalized spacial score (nSPS) is 19.5. The van der Waals surface area contributed by atoms with E-state index in [1.807, 2.05) is 0 Å². The Labute approximate surface area is 342 Å². The summed E-state index contributed by atoms with van der Waals surface area (Å²) in [7, 11) is 0. The highest BCUT2D eigenvalue weighted by Gasteiger charge is 2.38. The van der Waals surface area contributed by atoms with E-state index in [0.717, 1.165) is 38.8 Å². The van der Waals surface area contributed by atoms with Crippen LogP contribution in [-0.2, 0) is 30.2 Å². The van der Waals surface area contributed by atoms with Gasteiger partial charge in [-0.2, -0.15) is 8.78 Å². The zero-order chi connectivity index (χ0) is 40.8. The minimum atomic E-state index is -3.10. The third-order valence-corrected chi connectivity index (χ3v) is 11.0. The summed E-state index contributed by atoms with van der Waals surface area (Å²) in [5.74, 6) is -2.40. The van der Waals surface area contributed by atoms with Crippen molar-refractivity contribution in [3.63, 3.8) is 0 Å². The molecule has 8 rings (SSSR count). The van der Waals surface area contributed by atoms with Crippen molar-refractivity contribution in [2.24, 2.45) is 11.8 Å². The van der Waals surface area contributed by atoms with Crippen molar-refractivity contribution in [3.05, 3.63) is 117 Å². The summed E-state index contributed by atoms with van der Waals surface area (Å²) in [6.45, 7) is -1.01. The summed E-state index contributed by atoms with van der Waals surface area (Å²) in [6.07, 6.45) is 5.13. The number of ether oxygens (including phenoxy) is 5. The van der Waals surface area contributed by atoms with Crippen molar-refractivity contribution < 1.29 is 51.2 Å². The Morgan fingerprint density at radius 2 is 1.62 bits per heavy atom. The van der Waals surface area contributed by atoms with E-state index in [9.17, 15) is 27.6 Å². The van der Waals surface area contributed by atoms with Gasteiger partial charge in [-0.05, 0) is 110 Å². The van der Waals surface area contributed by atoms with Crippen LogP contribution in [0.25, 0.3) is 0 Å². The lowest BCUT2D eigenvalue weighted by Crippen LogP contribution is -2.52. The molecule has 0 spiro atoms. The number of pyridine rings is 1. The van der Waals surface area contributed by atoms with Gasteiger partial charge in [0.05, 0.1) is 22.2 Å². The van der Waals surface area contributed by atoms with E-state index in [4.69, 9.17) is 42.1 Å². The molecule has 2 bridgehead atoms. The number of piperidine rings is 3. The van der Waals surface area contributed by atoms with E-state index in [2.05, 4.69) is 19.9 Å². The maximum atomic E-state index is 13.9. The third kappa shape index (κ3) is 10.7. The number of aromatic nitrogens is 1. The van der Waals surface area contributed by atoms with Crippen molar-refractivity contribution in [2.45, 2.75) is 57.0 Å². The van der Waals surface area contributed by atoms with Crippen LogP contribution in [0.2, 0.25) is 10.0 Å². The molecule has 0 radical (unpaired) electrons. The van der Waals surface area contributed by atoms with Crippen molar-refractivity contribution in [2.75, 3.05) is 38.2 Å². The molecule has 1 unspecified atom stereocenters. The van der Waals surface area contributed by atoms with Gasteiger partial charge in [-0.1, -0.05) is 47.5 Å². The summed E-state index contributed by atoms with van der Waals surface area (Å²) in [4.78, 5) is 46.5. The molecule has 4 heterocycles. The summed E-state index contributed by atoms with van der Waals surface area (Å²) in [6, 6.07) is 14.8.